The van der Waals surface area contributed by atoms with Crippen LogP contribution in [-0.2, 0) is 6.54 Å². The Labute approximate surface area is 171 Å². The molecule has 0 radical (unpaired) electrons. The molecule has 0 saturated carbocycles. The van der Waals surface area contributed by atoms with Crippen molar-refractivity contribution < 1.29 is 13.6 Å². The molecule has 0 N–H and O–H groups in total. The average Bonchev–Trinajstić information content (AvgIpc) is 3.40. The van der Waals surface area contributed by atoms with Crippen LogP contribution in [0.2, 0.25) is 5.02 Å². The first-order valence-corrected chi connectivity index (χ1v) is 9.30. The highest BCUT2D eigenvalue weighted by Gasteiger charge is 2.23. The maximum Gasteiger partial charge on any atom is 0.272 e. The van der Waals surface area contributed by atoms with Crippen LogP contribution in [-0.4, -0.2) is 27.6 Å². The second kappa shape index (κ2) is 7.93. The summed E-state index contributed by atoms with van der Waals surface area (Å²) in [7, 11) is 1.60. The van der Waals surface area contributed by atoms with Gasteiger partial charge in [0.2, 0.25) is 0 Å². The van der Waals surface area contributed by atoms with Crippen molar-refractivity contribution in [3.8, 4) is 17.1 Å². The molecule has 7 heteroatoms. The van der Waals surface area contributed by atoms with Gasteiger partial charge >= 0.3 is 0 Å². The number of aromatic nitrogens is 2. The van der Waals surface area contributed by atoms with E-state index >= 15 is 0 Å². The second-order valence-corrected chi connectivity index (χ2v) is 6.91. The lowest BCUT2D eigenvalue weighted by Gasteiger charge is -2.19. The monoisotopic (exact) mass is 409 g/mol. The van der Waals surface area contributed by atoms with Crippen molar-refractivity contribution in [3.05, 3.63) is 95.1 Å². The topological polar surface area (TPSA) is 51.3 Å². The van der Waals surface area contributed by atoms with E-state index in [1.165, 1.54) is 17.0 Å². The third kappa shape index (κ3) is 3.79. The molecule has 0 aliphatic heterocycles. The maximum absolute atomic E-state index is 14.2. The first-order valence-electron chi connectivity index (χ1n) is 8.92. The molecular weight excluding hydrogens is 393 g/mol. The van der Waals surface area contributed by atoms with Gasteiger partial charge in [-0.3, -0.25) is 4.79 Å². The summed E-state index contributed by atoms with van der Waals surface area (Å²) in [6, 6.07) is 18.9. The summed E-state index contributed by atoms with van der Waals surface area (Å²) in [6.45, 7) is 0.0282. The van der Waals surface area contributed by atoms with Crippen LogP contribution in [0.3, 0.4) is 0 Å². The number of benzene rings is 2. The molecule has 0 saturated heterocycles. The molecule has 0 aliphatic rings. The summed E-state index contributed by atoms with van der Waals surface area (Å²) in [4.78, 5) is 14.6. The van der Waals surface area contributed by atoms with E-state index in [9.17, 15) is 9.18 Å². The molecule has 2 heterocycles. The van der Waals surface area contributed by atoms with Gasteiger partial charge in [0.15, 0.2) is 5.76 Å². The number of para-hydroxylation sites is 1. The van der Waals surface area contributed by atoms with Crippen molar-refractivity contribution in [1.29, 1.82) is 0 Å². The fourth-order valence-electron chi connectivity index (χ4n) is 3.03. The Morgan fingerprint density at radius 1 is 1.14 bits per heavy atom. The number of rotatable bonds is 5. The summed E-state index contributed by atoms with van der Waals surface area (Å²) in [5, 5.41) is 4.82. The van der Waals surface area contributed by atoms with Gasteiger partial charge < -0.3 is 9.32 Å². The van der Waals surface area contributed by atoms with Crippen LogP contribution in [0.5, 0.6) is 0 Å². The molecule has 29 heavy (non-hydrogen) atoms. The molecule has 4 rings (SSSR count). The van der Waals surface area contributed by atoms with Crippen LogP contribution in [0.15, 0.2) is 77.4 Å². The number of hydrogen-bond donors (Lipinski definition) is 0. The number of nitrogens with zero attached hydrogens (tertiary/aromatic N) is 3. The van der Waals surface area contributed by atoms with Crippen LogP contribution in [0.25, 0.3) is 17.1 Å². The largest absolute Gasteiger partial charge is 0.463 e. The molecule has 1 amide bonds. The molecule has 0 atom stereocenters. The predicted molar refractivity (Wildman–Crippen MR) is 108 cm³/mol. The van der Waals surface area contributed by atoms with Crippen LogP contribution < -0.4 is 0 Å². The smallest absolute Gasteiger partial charge is 0.272 e. The quantitative estimate of drug-likeness (QED) is 0.455. The minimum Gasteiger partial charge on any atom is -0.463 e. The average molecular weight is 410 g/mol. The van der Waals surface area contributed by atoms with Crippen molar-refractivity contribution in [3.63, 3.8) is 0 Å². The van der Waals surface area contributed by atoms with Crippen molar-refractivity contribution >= 4 is 17.5 Å². The van der Waals surface area contributed by atoms with E-state index < -0.39 is 5.82 Å². The van der Waals surface area contributed by atoms with Gasteiger partial charge in [-0.1, -0.05) is 35.9 Å². The number of amides is 1. The van der Waals surface area contributed by atoms with Gasteiger partial charge in [0, 0.05) is 23.7 Å². The first-order chi connectivity index (χ1) is 14.0. The number of carbonyl (C=O) groups excluding carboxylic acids is 1. The fourth-order valence-corrected chi connectivity index (χ4v) is 3.25. The molecule has 2 aromatic heterocycles. The van der Waals surface area contributed by atoms with Crippen molar-refractivity contribution in [2.24, 2.45) is 0 Å². The first kappa shape index (κ1) is 19.0. The van der Waals surface area contributed by atoms with E-state index in [1.807, 2.05) is 30.3 Å². The molecule has 5 nitrogen and oxygen atoms in total. The Kier molecular flexibility index (Phi) is 5.18. The molecule has 0 unspecified atom stereocenters. The lowest BCUT2D eigenvalue weighted by atomic mass is 10.2. The number of carbonyl (C=O) groups is 1. The summed E-state index contributed by atoms with van der Waals surface area (Å²) in [5.41, 5.74) is 1.85. The zero-order valence-electron chi connectivity index (χ0n) is 15.5. The highest BCUT2D eigenvalue weighted by atomic mass is 35.5. The standard InChI is InChI=1S/C22H17ClFN3O2/c1-26(14-16-17(23)9-5-10-18(16)24)22(28)20-13-19(21-11-6-12-29-21)25-27(20)15-7-3-2-4-8-15/h2-13H,14H2,1H3. The molecule has 0 spiro atoms. The zero-order chi connectivity index (χ0) is 20.4. The van der Waals surface area contributed by atoms with Gasteiger partial charge in [0.25, 0.3) is 5.91 Å². The van der Waals surface area contributed by atoms with E-state index in [0.29, 0.717) is 17.1 Å². The highest BCUT2D eigenvalue weighted by Crippen LogP contribution is 2.25. The van der Waals surface area contributed by atoms with Crippen molar-refractivity contribution in [1.82, 2.24) is 14.7 Å². The van der Waals surface area contributed by atoms with Gasteiger partial charge in [-0.05, 0) is 36.4 Å². The van der Waals surface area contributed by atoms with Gasteiger partial charge in [0.1, 0.15) is 17.2 Å². The normalized spacial score (nSPS) is 10.9. The van der Waals surface area contributed by atoms with E-state index in [2.05, 4.69) is 5.10 Å². The van der Waals surface area contributed by atoms with Crippen LogP contribution in [0, 0.1) is 5.82 Å². The maximum atomic E-state index is 14.2. The summed E-state index contributed by atoms with van der Waals surface area (Å²) >= 11 is 6.12. The predicted octanol–water partition coefficient (Wildman–Crippen LogP) is 5.20. The van der Waals surface area contributed by atoms with Gasteiger partial charge in [-0.25, -0.2) is 9.07 Å². The Balaban J connectivity index is 1.72. The van der Waals surface area contributed by atoms with E-state index in [4.69, 9.17) is 16.0 Å². The lowest BCUT2D eigenvalue weighted by Crippen LogP contribution is -2.28. The van der Waals surface area contributed by atoms with E-state index in [0.717, 1.165) is 5.69 Å². The minimum atomic E-state index is -0.454. The summed E-state index contributed by atoms with van der Waals surface area (Å²) in [6.07, 6.45) is 1.55. The Morgan fingerprint density at radius 2 is 1.93 bits per heavy atom. The van der Waals surface area contributed by atoms with Gasteiger partial charge in [0.05, 0.1) is 18.5 Å². The van der Waals surface area contributed by atoms with Gasteiger partial charge in [-0.2, -0.15) is 5.10 Å². The van der Waals surface area contributed by atoms with Crippen LogP contribution >= 0.6 is 11.6 Å². The van der Waals surface area contributed by atoms with Crippen LogP contribution in [0.4, 0.5) is 4.39 Å². The van der Waals surface area contributed by atoms with Crippen LogP contribution in [0.1, 0.15) is 16.1 Å². The highest BCUT2D eigenvalue weighted by molar-refractivity contribution is 6.31. The van der Waals surface area contributed by atoms with E-state index in [1.54, 1.807) is 42.3 Å². The zero-order valence-corrected chi connectivity index (χ0v) is 16.3. The Morgan fingerprint density at radius 3 is 2.62 bits per heavy atom. The van der Waals surface area contributed by atoms with Crippen molar-refractivity contribution in [2.45, 2.75) is 6.54 Å². The number of halogens is 2. The molecule has 146 valence electrons. The van der Waals surface area contributed by atoms with E-state index in [-0.39, 0.29) is 23.0 Å². The molecule has 0 aliphatic carbocycles. The lowest BCUT2D eigenvalue weighted by molar-refractivity contribution is 0.0775. The molecule has 0 bridgehead atoms. The fraction of sp³-hybridized carbons (Fsp3) is 0.0909. The Bertz CT molecular complexity index is 1120. The minimum absolute atomic E-state index is 0.0282. The molecular formula is C22H17ClFN3O2. The molecule has 4 aromatic rings. The second-order valence-electron chi connectivity index (χ2n) is 6.50. The number of furan rings is 1. The molecule has 2 aromatic carbocycles. The van der Waals surface area contributed by atoms with Crippen molar-refractivity contribution in [2.75, 3.05) is 7.05 Å². The van der Waals surface area contributed by atoms with Gasteiger partial charge in [-0.15, -0.1) is 0 Å². The number of hydrogen-bond acceptors (Lipinski definition) is 3. The Hall–Kier alpha value is -3.38. The summed E-state index contributed by atoms with van der Waals surface area (Å²) < 4.78 is 21.1. The SMILES string of the molecule is CN(Cc1c(F)cccc1Cl)C(=O)c1cc(-c2ccco2)nn1-c1ccccc1. The third-order valence-electron chi connectivity index (χ3n) is 4.51. The molecule has 0 fully saturated rings. The summed E-state index contributed by atoms with van der Waals surface area (Å²) in [5.74, 6) is -0.225. The third-order valence-corrected chi connectivity index (χ3v) is 4.86.